The minimum absolute atomic E-state index is 0. The van der Waals surface area contributed by atoms with E-state index < -0.39 is 0 Å². The molecule has 0 fully saturated rings. The number of rotatable bonds is 10. The first-order chi connectivity index (χ1) is 15.1. The van der Waals surface area contributed by atoms with Gasteiger partial charge in [-0.15, -0.1) is 12.4 Å². The van der Waals surface area contributed by atoms with E-state index >= 15 is 0 Å². The zero-order chi connectivity index (χ0) is 21.8. The van der Waals surface area contributed by atoms with Crippen LogP contribution in [0.5, 0.6) is 0 Å². The molecule has 1 N–H and O–H groups in total. The number of nitrogens with one attached hydrogen (secondary N) is 1. The molecule has 168 valence electrons. The van der Waals surface area contributed by atoms with Crippen molar-refractivity contribution in [3.8, 4) is 0 Å². The highest BCUT2D eigenvalue weighted by molar-refractivity contribution is 6.22. The van der Waals surface area contributed by atoms with Crippen LogP contribution < -0.4 is 5.48 Å². The summed E-state index contributed by atoms with van der Waals surface area (Å²) in [5, 5.41) is 0. The van der Waals surface area contributed by atoms with Crippen LogP contribution in [0, 0.1) is 0 Å². The number of amides is 4. The Morgan fingerprint density at radius 1 is 0.625 bits per heavy atom. The molecular weight excluding hydrogens is 434 g/mol. The third-order valence-corrected chi connectivity index (χ3v) is 5.40. The highest BCUT2D eigenvalue weighted by Gasteiger charge is 2.35. The Kier molecular flexibility index (Phi) is 7.74. The summed E-state index contributed by atoms with van der Waals surface area (Å²) in [6.07, 6.45) is 1.91. The van der Waals surface area contributed by atoms with Gasteiger partial charge in [0.05, 0.1) is 28.9 Å². The van der Waals surface area contributed by atoms with Crippen LogP contribution in [0.4, 0.5) is 0 Å². The average Bonchev–Trinajstić information content (AvgIpc) is 3.18. The van der Waals surface area contributed by atoms with Gasteiger partial charge in [0.25, 0.3) is 23.6 Å². The van der Waals surface area contributed by atoms with Gasteiger partial charge in [-0.2, -0.15) is 0 Å². The van der Waals surface area contributed by atoms with Gasteiger partial charge in [-0.05, 0) is 43.5 Å². The van der Waals surface area contributed by atoms with Gasteiger partial charge in [0, 0.05) is 19.6 Å². The number of carbonyl (C=O) groups excluding carboxylic acids is 4. The summed E-state index contributed by atoms with van der Waals surface area (Å²) in [6, 6.07) is 13.7. The van der Waals surface area contributed by atoms with E-state index in [1.807, 2.05) is 0 Å². The Balaban J connectivity index is 0.00000289. The summed E-state index contributed by atoms with van der Waals surface area (Å²) in [5.41, 5.74) is 4.67. The van der Waals surface area contributed by atoms with Crippen molar-refractivity contribution in [3.63, 3.8) is 0 Å². The Hall–Kier alpha value is -3.07. The second-order valence-electron chi connectivity index (χ2n) is 7.42. The molecule has 0 atom stereocenters. The number of benzene rings is 2. The molecule has 4 rings (SSSR count). The number of halogens is 1. The minimum Gasteiger partial charge on any atom is -0.302 e. The Labute approximate surface area is 191 Å². The molecule has 2 aromatic rings. The molecule has 4 amide bonds. The molecule has 9 heteroatoms. The minimum atomic E-state index is -0.262. The van der Waals surface area contributed by atoms with Gasteiger partial charge in [-0.25, -0.2) is 5.48 Å². The largest absolute Gasteiger partial charge is 0.302 e. The van der Waals surface area contributed by atoms with Crippen molar-refractivity contribution in [1.82, 2.24) is 15.3 Å². The number of hydrogen-bond donors (Lipinski definition) is 1. The molecule has 0 aromatic heterocycles. The zero-order valence-corrected chi connectivity index (χ0v) is 18.2. The maximum absolute atomic E-state index is 12.3. The SMILES string of the molecule is Cl.O=C1c2ccccc2C(=O)N1CCCCNOCCCN1C(=O)c2ccccc2C1=O. The smallest absolute Gasteiger partial charge is 0.261 e. The number of hydroxylamine groups is 1. The number of fused-ring (bicyclic) bond motifs is 2. The van der Waals surface area contributed by atoms with E-state index in [0.717, 1.165) is 6.42 Å². The van der Waals surface area contributed by atoms with Gasteiger partial charge in [0.2, 0.25) is 0 Å². The summed E-state index contributed by atoms with van der Waals surface area (Å²) < 4.78 is 0. The lowest BCUT2D eigenvalue weighted by Gasteiger charge is -2.14. The zero-order valence-electron chi connectivity index (χ0n) is 17.4. The van der Waals surface area contributed by atoms with Crippen LogP contribution >= 0.6 is 12.4 Å². The van der Waals surface area contributed by atoms with Crippen molar-refractivity contribution < 1.29 is 24.0 Å². The second kappa shape index (κ2) is 10.5. The highest BCUT2D eigenvalue weighted by Crippen LogP contribution is 2.23. The lowest BCUT2D eigenvalue weighted by atomic mass is 10.1. The molecule has 2 heterocycles. The predicted molar refractivity (Wildman–Crippen MR) is 119 cm³/mol. The fraction of sp³-hybridized carbons (Fsp3) is 0.304. The number of imide groups is 2. The van der Waals surface area contributed by atoms with Gasteiger partial charge in [0.1, 0.15) is 0 Å². The fourth-order valence-corrected chi connectivity index (χ4v) is 3.79. The fourth-order valence-electron chi connectivity index (χ4n) is 3.79. The van der Waals surface area contributed by atoms with Crippen LogP contribution in [0.25, 0.3) is 0 Å². The van der Waals surface area contributed by atoms with Crippen LogP contribution in [0.3, 0.4) is 0 Å². The number of hydrogen-bond acceptors (Lipinski definition) is 6. The molecule has 0 saturated carbocycles. The first kappa shape index (κ1) is 23.6. The van der Waals surface area contributed by atoms with E-state index in [-0.39, 0.29) is 36.0 Å². The van der Waals surface area contributed by atoms with Gasteiger partial charge >= 0.3 is 0 Å². The topological polar surface area (TPSA) is 96.0 Å². The maximum Gasteiger partial charge on any atom is 0.261 e. The van der Waals surface area contributed by atoms with Gasteiger partial charge in [-0.3, -0.25) is 29.0 Å². The van der Waals surface area contributed by atoms with Crippen molar-refractivity contribution in [3.05, 3.63) is 70.8 Å². The van der Waals surface area contributed by atoms with Crippen LogP contribution in [0.15, 0.2) is 48.5 Å². The standard InChI is InChI=1S/C23H23N3O5.ClH/c27-20-16-8-1-2-9-17(16)21(28)25(20)13-6-5-12-24-31-15-7-14-26-22(29)18-10-3-4-11-19(18)23(26)30;/h1-4,8-11,24H,5-7,12-15H2;1H. The average molecular weight is 458 g/mol. The quantitative estimate of drug-likeness (QED) is 0.335. The molecule has 2 aromatic carbocycles. The summed E-state index contributed by atoms with van der Waals surface area (Å²) in [6.45, 7) is 1.59. The van der Waals surface area contributed by atoms with E-state index in [9.17, 15) is 19.2 Å². The van der Waals surface area contributed by atoms with Crippen molar-refractivity contribution in [1.29, 1.82) is 0 Å². The third kappa shape index (κ3) is 4.57. The molecule has 32 heavy (non-hydrogen) atoms. The van der Waals surface area contributed by atoms with Gasteiger partial charge in [-0.1, -0.05) is 24.3 Å². The summed E-state index contributed by atoms with van der Waals surface area (Å²) >= 11 is 0. The van der Waals surface area contributed by atoms with Crippen molar-refractivity contribution in [2.45, 2.75) is 19.3 Å². The molecule has 8 nitrogen and oxygen atoms in total. The normalized spacial score (nSPS) is 14.6. The summed E-state index contributed by atoms with van der Waals surface area (Å²) in [5.74, 6) is -1.00. The summed E-state index contributed by atoms with van der Waals surface area (Å²) in [4.78, 5) is 57.0. The molecule has 2 aliphatic rings. The molecular formula is C23H24ClN3O5. The Bertz CT molecular complexity index is 890. The molecule has 0 radical (unpaired) electrons. The van der Waals surface area contributed by atoms with Crippen LogP contribution in [-0.2, 0) is 4.84 Å². The number of unbranched alkanes of at least 4 members (excludes halogenated alkanes) is 1. The number of carbonyl (C=O) groups is 4. The van der Waals surface area contributed by atoms with Crippen molar-refractivity contribution in [2.24, 2.45) is 0 Å². The van der Waals surface area contributed by atoms with Gasteiger partial charge in [0.15, 0.2) is 0 Å². The predicted octanol–water partition coefficient (Wildman–Crippen LogP) is 2.69. The van der Waals surface area contributed by atoms with Crippen LogP contribution in [-0.4, -0.2) is 59.7 Å². The first-order valence-corrected chi connectivity index (χ1v) is 10.3. The monoisotopic (exact) mass is 457 g/mol. The van der Waals surface area contributed by atoms with E-state index in [4.69, 9.17) is 4.84 Å². The number of nitrogens with zero attached hydrogens (tertiary/aromatic N) is 2. The summed E-state index contributed by atoms with van der Waals surface area (Å²) in [7, 11) is 0. The Morgan fingerprint density at radius 2 is 1.03 bits per heavy atom. The molecule has 0 aliphatic carbocycles. The first-order valence-electron chi connectivity index (χ1n) is 10.3. The van der Waals surface area contributed by atoms with E-state index in [1.165, 1.54) is 9.80 Å². The second-order valence-corrected chi connectivity index (χ2v) is 7.42. The maximum atomic E-state index is 12.3. The van der Waals surface area contributed by atoms with Crippen LogP contribution in [0.1, 0.15) is 60.7 Å². The molecule has 0 spiro atoms. The van der Waals surface area contributed by atoms with Crippen molar-refractivity contribution in [2.75, 3.05) is 26.2 Å². The van der Waals surface area contributed by atoms with E-state index in [1.54, 1.807) is 48.5 Å². The highest BCUT2D eigenvalue weighted by atomic mass is 35.5. The van der Waals surface area contributed by atoms with E-state index in [0.29, 0.717) is 61.3 Å². The third-order valence-electron chi connectivity index (χ3n) is 5.40. The lowest BCUT2D eigenvalue weighted by Crippen LogP contribution is -2.32. The Morgan fingerprint density at radius 3 is 1.47 bits per heavy atom. The molecule has 0 unspecified atom stereocenters. The molecule has 0 saturated heterocycles. The van der Waals surface area contributed by atoms with Crippen molar-refractivity contribution >= 4 is 36.0 Å². The molecule has 2 aliphatic heterocycles. The van der Waals surface area contributed by atoms with E-state index in [2.05, 4.69) is 5.48 Å². The molecule has 0 bridgehead atoms. The van der Waals surface area contributed by atoms with Crippen LogP contribution in [0.2, 0.25) is 0 Å². The lowest BCUT2D eigenvalue weighted by molar-refractivity contribution is 0.0330. The van der Waals surface area contributed by atoms with Gasteiger partial charge < -0.3 is 4.84 Å².